The van der Waals surface area contributed by atoms with E-state index in [-0.39, 0.29) is 30.8 Å². The van der Waals surface area contributed by atoms with Crippen LogP contribution in [0.15, 0.2) is 0 Å². The van der Waals surface area contributed by atoms with Gasteiger partial charge in [0.1, 0.15) is 0 Å². The number of halogens is 1. The van der Waals surface area contributed by atoms with Gasteiger partial charge in [0, 0.05) is 25.0 Å². The van der Waals surface area contributed by atoms with Crippen LogP contribution in [0.3, 0.4) is 0 Å². The van der Waals surface area contributed by atoms with Crippen molar-refractivity contribution in [1.29, 1.82) is 0 Å². The van der Waals surface area contributed by atoms with Crippen LogP contribution in [0.2, 0.25) is 0 Å². The molecule has 0 aromatic heterocycles. The number of nitrogens with two attached hydrogens (primary N) is 1. The van der Waals surface area contributed by atoms with Gasteiger partial charge in [-0.2, -0.15) is 0 Å². The molecule has 5 nitrogen and oxygen atoms in total. The zero-order chi connectivity index (χ0) is 11.5. The topological polar surface area (TPSA) is 75.4 Å². The van der Waals surface area contributed by atoms with Gasteiger partial charge in [-0.25, -0.2) is 0 Å². The highest BCUT2D eigenvalue weighted by molar-refractivity contribution is 5.86. The van der Waals surface area contributed by atoms with Gasteiger partial charge in [0.2, 0.25) is 11.8 Å². The number of nitrogens with one attached hydrogen (secondary N) is 1. The fourth-order valence-corrected chi connectivity index (χ4v) is 1.51. The van der Waals surface area contributed by atoms with Crippen molar-refractivity contribution in [2.45, 2.75) is 32.2 Å². The molecule has 16 heavy (non-hydrogen) atoms. The Hall–Kier alpha value is -0.810. The van der Waals surface area contributed by atoms with Crippen molar-refractivity contribution in [3.63, 3.8) is 0 Å². The normalized spacial score (nSPS) is 15.9. The SMILES string of the molecule is CC(C)(CN)NC(=O)CN1CCCC1=O.Cl. The minimum Gasteiger partial charge on any atom is -0.348 e. The first-order valence-electron chi connectivity index (χ1n) is 5.23. The van der Waals surface area contributed by atoms with E-state index < -0.39 is 5.54 Å². The van der Waals surface area contributed by atoms with E-state index >= 15 is 0 Å². The number of hydrogen-bond donors (Lipinski definition) is 2. The van der Waals surface area contributed by atoms with Gasteiger partial charge in [-0.05, 0) is 20.3 Å². The number of carbonyl (C=O) groups excluding carboxylic acids is 2. The molecule has 1 rings (SSSR count). The van der Waals surface area contributed by atoms with Gasteiger partial charge in [0.15, 0.2) is 0 Å². The molecule has 2 amide bonds. The lowest BCUT2D eigenvalue weighted by molar-refractivity contribution is -0.133. The smallest absolute Gasteiger partial charge is 0.240 e. The van der Waals surface area contributed by atoms with Gasteiger partial charge in [-0.1, -0.05) is 0 Å². The van der Waals surface area contributed by atoms with Crippen LogP contribution in [0, 0.1) is 0 Å². The van der Waals surface area contributed by atoms with E-state index in [1.807, 2.05) is 13.8 Å². The van der Waals surface area contributed by atoms with Crippen molar-refractivity contribution >= 4 is 24.2 Å². The molecule has 1 aliphatic rings. The van der Waals surface area contributed by atoms with Gasteiger partial charge < -0.3 is 16.0 Å². The van der Waals surface area contributed by atoms with Gasteiger partial charge >= 0.3 is 0 Å². The summed E-state index contributed by atoms with van der Waals surface area (Å²) in [6.07, 6.45) is 1.42. The first kappa shape index (κ1) is 15.2. The molecule has 0 aromatic rings. The average Bonchev–Trinajstić information content (AvgIpc) is 2.51. The van der Waals surface area contributed by atoms with Crippen molar-refractivity contribution < 1.29 is 9.59 Å². The van der Waals surface area contributed by atoms with Crippen LogP contribution in [0.1, 0.15) is 26.7 Å². The molecular formula is C10H20ClN3O2. The highest BCUT2D eigenvalue weighted by Gasteiger charge is 2.24. The number of hydrogen-bond acceptors (Lipinski definition) is 3. The molecule has 6 heteroatoms. The summed E-state index contributed by atoms with van der Waals surface area (Å²) in [5, 5.41) is 2.80. The van der Waals surface area contributed by atoms with E-state index in [1.54, 1.807) is 4.90 Å². The number of likely N-dealkylation sites (tertiary alicyclic amines) is 1. The number of nitrogens with zero attached hydrogens (tertiary/aromatic N) is 1. The van der Waals surface area contributed by atoms with Crippen LogP contribution in [0.5, 0.6) is 0 Å². The maximum Gasteiger partial charge on any atom is 0.240 e. The molecule has 0 unspecified atom stereocenters. The Balaban J connectivity index is 0.00000225. The molecule has 0 radical (unpaired) electrons. The predicted molar refractivity (Wildman–Crippen MR) is 64.3 cm³/mol. The third kappa shape index (κ3) is 4.37. The minimum absolute atomic E-state index is 0. The van der Waals surface area contributed by atoms with Crippen molar-refractivity contribution in [3.05, 3.63) is 0 Å². The molecule has 0 aliphatic carbocycles. The molecule has 1 fully saturated rings. The Labute approximate surface area is 102 Å². The van der Waals surface area contributed by atoms with Gasteiger partial charge in [0.05, 0.1) is 6.54 Å². The Kier molecular flexibility index (Phi) is 5.75. The monoisotopic (exact) mass is 249 g/mol. The molecule has 0 bridgehead atoms. The minimum atomic E-state index is -0.403. The molecule has 94 valence electrons. The number of rotatable bonds is 4. The van der Waals surface area contributed by atoms with Crippen LogP contribution in [-0.4, -0.2) is 41.9 Å². The standard InChI is InChI=1S/C10H19N3O2.ClH/c1-10(2,7-11)12-8(14)6-13-5-3-4-9(13)15;/h3-7,11H2,1-2H3,(H,12,14);1H. The molecule has 0 spiro atoms. The lowest BCUT2D eigenvalue weighted by atomic mass is 10.1. The highest BCUT2D eigenvalue weighted by Crippen LogP contribution is 2.09. The van der Waals surface area contributed by atoms with Crippen LogP contribution in [-0.2, 0) is 9.59 Å². The fourth-order valence-electron chi connectivity index (χ4n) is 1.51. The van der Waals surface area contributed by atoms with Gasteiger partial charge in [0.25, 0.3) is 0 Å². The van der Waals surface area contributed by atoms with Crippen LogP contribution < -0.4 is 11.1 Å². The van der Waals surface area contributed by atoms with Crippen molar-refractivity contribution in [2.24, 2.45) is 5.73 Å². The van der Waals surface area contributed by atoms with E-state index in [0.717, 1.165) is 6.42 Å². The summed E-state index contributed by atoms with van der Waals surface area (Å²) in [7, 11) is 0. The van der Waals surface area contributed by atoms with Crippen LogP contribution >= 0.6 is 12.4 Å². The molecular weight excluding hydrogens is 230 g/mol. The molecule has 1 aliphatic heterocycles. The zero-order valence-corrected chi connectivity index (χ0v) is 10.6. The first-order chi connectivity index (χ1) is 6.94. The summed E-state index contributed by atoms with van der Waals surface area (Å²) in [5.41, 5.74) is 5.09. The first-order valence-corrected chi connectivity index (χ1v) is 5.23. The van der Waals surface area contributed by atoms with Crippen LogP contribution in [0.25, 0.3) is 0 Å². The largest absolute Gasteiger partial charge is 0.348 e. The van der Waals surface area contributed by atoms with Crippen molar-refractivity contribution in [1.82, 2.24) is 10.2 Å². The lowest BCUT2D eigenvalue weighted by Crippen LogP contribution is -2.51. The summed E-state index contributed by atoms with van der Waals surface area (Å²) >= 11 is 0. The second-order valence-corrected chi connectivity index (χ2v) is 4.56. The number of amides is 2. The average molecular weight is 250 g/mol. The van der Waals surface area contributed by atoms with E-state index in [0.29, 0.717) is 19.5 Å². The Morgan fingerprint density at radius 1 is 1.56 bits per heavy atom. The highest BCUT2D eigenvalue weighted by atomic mass is 35.5. The zero-order valence-electron chi connectivity index (χ0n) is 9.78. The maximum absolute atomic E-state index is 11.6. The van der Waals surface area contributed by atoms with E-state index in [4.69, 9.17) is 5.73 Å². The third-order valence-corrected chi connectivity index (χ3v) is 2.49. The summed E-state index contributed by atoms with van der Waals surface area (Å²) < 4.78 is 0. The quantitative estimate of drug-likeness (QED) is 0.730. The molecule has 1 heterocycles. The second-order valence-electron chi connectivity index (χ2n) is 4.56. The Bertz CT molecular complexity index is 269. The summed E-state index contributed by atoms with van der Waals surface area (Å²) in [6, 6.07) is 0. The molecule has 0 saturated carbocycles. The third-order valence-electron chi connectivity index (χ3n) is 2.49. The maximum atomic E-state index is 11.6. The molecule has 0 atom stereocenters. The second kappa shape index (κ2) is 6.06. The molecule has 0 aromatic carbocycles. The number of carbonyl (C=O) groups is 2. The van der Waals surface area contributed by atoms with E-state index in [9.17, 15) is 9.59 Å². The molecule has 1 saturated heterocycles. The van der Waals surface area contributed by atoms with Gasteiger partial charge in [-0.3, -0.25) is 9.59 Å². The predicted octanol–water partition coefficient (Wildman–Crippen LogP) is -0.116. The summed E-state index contributed by atoms with van der Waals surface area (Å²) in [6.45, 7) is 4.94. The van der Waals surface area contributed by atoms with Crippen LogP contribution in [0.4, 0.5) is 0 Å². The summed E-state index contributed by atoms with van der Waals surface area (Å²) in [4.78, 5) is 24.4. The summed E-state index contributed by atoms with van der Waals surface area (Å²) in [5.74, 6) is -0.0728. The van der Waals surface area contributed by atoms with Crippen molar-refractivity contribution in [2.75, 3.05) is 19.6 Å². The van der Waals surface area contributed by atoms with Gasteiger partial charge in [-0.15, -0.1) is 12.4 Å². The molecule has 3 N–H and O–H groups in total. The Morgan fingerprint density at radius 3 is 2.62 bits per heavy atom. The fraction of sp³-hybridized carbons (Fsp3) is 0.800. The van der Waals surface area contributed by atoms with Crippen molar-refractivity contribution in [3.8, 4) is 0 Å². The van der Waals surface area contributed by atoms with E-state index in [1.165, 1.54) is 0 Å². The Morgan fingerprint density at radius 2 is 2.19 bits per heavy atom. The lowest BCUT2D eigenvalue weighted by Gasteiger charge is -2.25. The van der Waals surface area contributed by atoms with E-state index in [2.05, 4.69) is 5.32 Å².